The Morgan fingerprint density at radius 2 is 1.81 bits per heavy atom. The molecule has 1 saturated heterocycles. The van der Waals surface area contributed by atoms with E-state index in [4.69, 9.17) is 10.5 Å². The second-order valence-corrected chi connectivity index (χ2v) is 9.00. The van der Waals surface area contributed by atoms with Gasteiger partial charge in [-0.15, -0.1) is 0 Å². The Kier molecular flexibility index (Phi) is 6.17. The van der Waals surface area contributed by atoms with Crippen LogP contribution in [0.5, 0.6) is 11.5 Å². The van der Waals surface area contributed by atoms with Crippen LogP contribution in [0.1, 0.15) is 25.6 Å². The fraction of sp³-hybridized carbons (Fsp3) is 0.207. The Labute approximate surface area is 210 Å². The number of hydrogen-bond donors (Lipinski definition) is 1. The highest BCUT2D eigenvalue weighted by atomic mass is 16.5. The second-order valence-electron chi connectivity index (χ2n) is 9.00. The van der Waals surface area contributed by atoms with Crippen LogP contribution < -0.4 is 10.5 Å². The predicted octanol–water partition coefficient (Wildman–Crippen LogP) is 5.05. The average Bonchev–Trinajstić information content (AvgIpc) is 3.19. The van der Waals surface area contributed by atoms with Gasteiger partial charge in [0.2, 0.25) is 5.91 Å². The van der Waals surface area contributed by atoms with E-state index in [0.717, 1.165) is 39.4 Å². The number of nitrogen functional groups attached to an aromatic ring is 1. The van der Waals surface area contributed by atoms with Crippen molar-refractivity contribution in [2.75, 3.05) is 18.8 Å². The maximum atomic E-state index is 11.8. The Bertz CT molecular complexity index is 1490. The Morgan fingerprint density at radius 1 is 1.11 bits per heavy atom. The second kappa shape index (κ2) is 9.59. The average molecular weight is 478 g/mol. The zero-order valence-electron chi connectivity index (χ0n) is 20.3. The third-order valence-corrected chi connectivity index (χ3v) is 6.21. The van der Waals surface area contributed by atoms with Crippen LogP contribution in [0.15, 0.2) is 73.6 Å². The number of likely N-dealkylation sites (tertiary alicyclic amines) is 1. The molecule has 1 amide bonds. The SMILES string of the molecule is C=CC(=O)N1CC(C#Cc2c(-c3ccc(Oc4ccccc4)cc3)c3c(N)ncnc3n2C(C)C)C1. The fourth-order valence-electron chi connectivity index (χ4n) is 4.43. The van der Waals surface area contributed by atoms with Gasteiger partial charge in [0.05, 0.1) is 11.3 Å². The van der Waals surface area contributed by atoms with Crippen molar-refractivity contribution in [3.8, 4) is 34.5 Å². The van der Waals surface area contributed by atoms with E-state index in [1.54, 1.807) is 4.90 Å². The maximum absolute atomic E-state index is 11.8. The van der Waals surface area contributed by atoms with Crippen LogP contribution in [0.25, 0.3) is 22.2 Å². The number of nitrogens with zero attached hydrogens (tertiary/aromatic N) is 4. The van der Waals surface area contributed by atoms with Crippen molar-refractivity contribution in [1.82, 2.24) is 19.4 Å². The van der Waals surface area contributed by atoms with Gasteiger partial charge in [0, 0.05) is 24.7 Å². The van der Waals surface area contributed by atoms with E-state index in [2.05, 4.69) is 46.8 Å². The number of hydrogen-bond acceptors (Lipinski definition) is 5. The van der Waals surface area contributed by atoms with Crippen LogP contribution in [0.3, 0.4) is 0 Å². The van der Waals surface area contributed by atoms with Gasteiger partial charge in [-0.2, -0.15) is 0 Å². The van der Waals surface area contributed by atoms with Gasteiger partial charge < -0.3 is 19.9 Å². The van der Waals surface area contributed by atoms with E-state index in [0.29, 0.717) is 18.9 Å². The van der Waals surface area contributed by atoms with Gasteiger partial charge in [-0.1, -0.05) is 42.8 Å². The van der Waals surface area contributed by atoms with Gasteiger partial charge in [-0.25, -0.2) is 9.97 Å². The third-order valence-electron chi connectivity index (χ3n) is 6.21. The molecule has 0 unspecified atom stereocenters. The minimum absolute atomic E-state index is 0.0640. The molecule has 0 saturated carbocycles. The molecule has 0 atom stereocenters. The number of carbonyl (C=O) groups is 1. The summed E-state index contributed by atoms with van der Waals surface area (Å²) in [5.41, 5.74) is 9.80. The molecule has 1 fully saturated rings. The van der Waals surface area contributed by atoms with Crippen LogP contribution in [0, 0.1) is 17.8 Å². The Morgan fingerprint density at radius 3 is 2.47 bits per heavy atom. The number of benzene rings is 2. The lowest BCUT2D eigenvalue weighted by molar-refractivity contribution is -0.130. The number of fused-ring (bicyclic) bond motifs is 1. The number of para-hydroxylation sites is 1. The summed E-state index contributed by atoms with van der Waals surface area (Å²) >= 11 is 0. The number of anilines is 1. The number of aromatic nitrogens is 3. The van der Waals surface area contributed by atoms with Gasteiger partial charge in [-0.05, 0) is 55.7 Å². The molecular formula is C29H27N5O2. The van der Waals surface area contributed by atoms with Crippen LogP contribution in [-0.2, 0) is 4.79 Å². The molecule has 5 rings (SSSR count). The van der Waals surface area contributed by atoms with E-state index in [9.17, 15) is 4.79 Å². The predicted molar refractivity (Wildman–Crippen MR) is 141 cm³/mol. The van der Waals surface area contributed by atoms with Crippen molar-refractivity contribution in [1.29, 1.82) is 0 Å². The van der Waals surface area contributed by atoms with E-state index in [-0.39, 0.29) is 17.9 Å². The summed E-state index contributed by atoms with van der Waals surface area (Å²) in [5, 5.41) is 0.782. The molecule has 1 aliphatic heterocycles. The van der Waals surface area contributed by atoms with Crippen molar-refractivity contribution < 1.29 is 9.53 Å². The molecule has 0 spiro atoms. The van der Waals surface area contributed by atoms with Gasteiger partial charge in [-0.3, -0.25) is 4.79 Å². The normalized spacial score (nSPS) is 13.2. The van der Waals surface area contributed by atoms with Crippen LogP contribution >= 0.6 is 0 Å². The topological polar surface area (TPSA) is 86.3 Å². The molecule has 7 heteroatoms. The largest absolute Gasteiger partial charge is 0.457 e. The zero-order chi connectivity index (χ0) is 25.2. The molecule has 2 N–H and O–H groups in total. The lowest BCUT2D eigenvalue weighted by Crippen LogP contribution is -2.48. The molecule has 36 heavy (non-hydrogen) atoms. The summed E-state index contributed by atoms with van der Waals surface area (Å²) in [6.45, 7) is 8.94. The van der Waals surface area contributed by atoms with Gasteiger partial charge in [0.1, 0.15) is 35.0 Å². The number of amides is 1. The minimum atomic E-state index is -0.0640. The molecule has 0 aliphatic carbocycles. The fourth-order valence-corrected chi connectivity index (χ4v) is 4.43. The molecule has 0 radical (unpaired) electrons. The minimum Gasteiger partial charge on any atom is -0.457 e. The number of ether oxygens (including phenoxy) is 1. The molecule has 3 heterocycles. The summed E-state index contributed by atoms with van der Waals surface area (Å²) in [5.74, 6) is 8.72. The first-order chi connectivity index (χ1) is 17.5. The molecule has 2 aromatic carbocycles. The molecule has 2 aromatic heterocycles. The number of carbonyl (C=O) groups excluding carboxylic acids is 1. The lowest BCUT2D eigenvalue weighted by atomic mass is 9.99. The van der Waals surface area contributed by atoms with Gasteiger partial charge >= 0.3 is 0 Å². The summed E-state index contributed by atoms with van der Waals surface area (Å²) in [6, 6.07) is 17.6. The first-order valence-electron chi connectivity index (χ1n) is 11.9. The van der Waals surface area contributed by atoms with Crippen LogP contribution in [-0.4, -0.2) is 38.4 Å². The maximum Gasteiger partial charge on any atom is 0.246 e. The van der Waals surface area contributed by atoms with Crippen LogP contribution in [0.2, 0.25) is 0 Å². The summed E-state index contributed by atoms with van der Waals surface area (Å²) < 4.78 is 8.08. The molecule has 0 bridgehead atoms. The van der Waals surface area contributed by atoms with Crippen LogP contribution in [0.4, 0.5) is 5.82 Å². The molecular weight excluding hydrogens is 450 g/mol. The molecule has 180 valence electrons. The summed E-state index contributed by atoms with van der Waals surface area (Å²) in [4.78, 5) is 22.4. The van der Waals surface area contributed by atoms with Gasteiger partial charge in [0.25, 0.3) is 0 Å². The first kappa shape index (κ1) is 23.2. The number of nitrogens with two attached hydrogens (primary N) is 1. The summed E-state index contributed by atoms with van der Waals surface area (Å²) in [7, 11) is 0. The highest BCUT2D eigenvalue weighted by Gasteiger charge is 2.28. The quantitative estimate of drug-likeness (QED) is 0.321. The highest BCUT2D eigenvalue weighted by molar-refractivity contribution is 6.03. The van der Waals surface area contributed by atoms with Crippen molar-refractivity contribution in [2.24, 2.45) is 5.92 Å². The zero-order valence-corrected chi connectivity index (χ0v) is 20.3. The summed E-state index contributed by atoms with van der Waals surface area (Å²) in [6.07, 6.45) is 2.82. The lowest BCUT2D eigenvalue weighted by Gasteiger charge is -2.35. The highest BCUT2D eigenvalue weighted by Crippen LogP contribution is 2.39. The van der Waals surface area contributed by atoms with E-state index in [1.807, 2.05) is 54.6 Å². The van der Waals surface area contributed by atoms with Crippen molar-refractivity contribution in [3.05, 3.63) is 79.3 Å². The van der Waals surface area contributed by atoms with E-state index < -0.39 is 0 Å². The standard InChI is InChI=1S/C29H27N5O2/c1-4-25(35)33-16-20(17-33)10-15-24-26(27-28(30)31-18-32-29(27)34(24)19(2)3)21-11-13-23(14-12-21)36-22-8-6-5-7-9-22/h4-9,11-14,18-20H,1,16-17H2,2-3H3,(H2,30,31,32). The smallest absolute Gasteiger partial charge is 0.246 e. The van der Waals surface area contributed by atoms with Gasteiger partial charge in [0.15, 0.2) is 0 Å². The molecule has 1 aliphatic rings. The number of rotatable bonds is 5. The molecule has 4 aromatic rings. The first-order valence-corrected chi connectivity index (χ1v) is 11.9. The monoisotopic (exact) mass is 477 g/mol. The van der Waals surface area contributed by atoms with Crippen molar-refractivity contribution in [3.63, 3.8) is 0 Å². The third kappa shape index (κ3) is 4.29. The Hall–Kier alpha value is -4.57. The van der Waals surface area contributed by atoms with Crippen molar-refractivity contribution in [2.45, 2.75) is 19.9 Å². The molecule has 7 nitrogen and oxygen atoms in total. The van der Waals surface area contributed by atoms with E-state index >= 15 is 0 Å². The Balaban J connectivity index is 1.57. The van der Waals surface area contributed by atoms with Crippen molar-refractivity contribution >= 4 is 22.8 Å². The van der Waals surface area contributed by atoms with E-state index in [1.165, 1.54) is 12.4 Å².